The number of alkyl halides is 1. The van der Waals surface area contributed by atoms with Gasteiger partial charge in [-0.15, -0.1) is 0 Å². The minimum Gasteiger partial charge on any atom is -0.0884 e. The molecule has 0 aliphatic heterocycles. The SMILES string of the molecule is Cc1cccc(C2CCCCC2Br)c1C. The van der Waals surface area contributed by atoms with Crippen LogP contribution in [-0.4, -0.2) is 4.83 Å². The Balaban J connectivity index is 2.31. The molecular formula is C14H19Br. The molecule has 1 heteroatoms. The normalized spacial score (nSPS) is 26.6. The molecule has 2 rings (SSSR count). The van der Waals surface area contributed by atoms with E-state index in [4.69, 9.17) is 0 Å². The molecule has 2 unspecified atom stereocenters. The molecule has 0 radical (unpaired) electrons. The highest BCUT2D eigenvalue weighted by molar-refractivity contribution is 9.09. The minimum absolute atomic E-state index is 0.687. The Hall–Kier alpha value is -0.300. The van der Waals surface area contributed by atoms with E-state index in [1.807, 2.05) is 0 Å². The van der Waals surface area contributed by atoms with E-state index in [-0.39, 0.29) is 0 Å². The van der Waals surface area contributed by atoms with Crippen LogP contribution in [0.15, 0.2) is 18.2 Å². The van der Waals surface area contributed by atoms with Gasteiger partial charge in [-0.1, -0.05) is 47.0 Å². The van der Waals surface area contributed by atoms with Gasteiger partial charge < -0.3 is 0 Å². The van der Waals surface area contributed by atoms with Crippen LogP contribution in [-0.2, 0) is 0 Å². The Bertz CT molecular complexity index is 343. The fourth-order valence-corrected chi connectivity index (χ4v) is 3.48. The van der Waals surface area contributed by atoms with Gasteiger partial charge in [-0.05, 0) is 49.3 Å². The Morgan fingerprint density at radius 2 is 1.87 bits per heavy atom. The molecule has 0 N–H and O–H groups in total. The summed E-state index contributed by atoms with van der Waals surface area (Å²) in [6.45, 7) is 4.48. The summed E-state index contributed by atoms with van der Waals surface area (Å²) in [5.41, 5.74) is 4.49. The zero-order valence-corrected chi connectivity index (χ0v) is 11.2. The third kappa shape index (κ3) is 2.28. The number of benzene rings is 1. The molecule has 1 saturated carbocycles. The highest BCUT2D eigenvalue weighted by atomic mass is 79.9. The summed E-state index contributed by atoms with van der Waals surface area (Å²) in [7, 11) is 0. The van der Waals surface area contributed by atoms with Crippen LogP contribution in [0.1, 0.15) is 48.3 Å². The summed E-state index contributed by atoms with van der Waals surface area (Å²) in [4.78, 5) is 0.687. The summed E-state index contributed by atoms with van der Waals surface area (Å²) in [6, 6.07) is 6.73. The van der Waals surface area contributed by atoms with Crippen molar-refractivity contribution in [2.75, 3.05) is 0 Å². The second-order valence-corrected chi connectivity index (χ2v) is 5.87. The Labute approximate surface area is 101 Å². The number of halogens is 1. The third-order valence-corrected chi connectivity index (χ3v) is 4.82. The van der Waals surface area contributed by atoms with Gasteiger partial charge in [0.1, 0.15) is 0 Å². The number of hydrogen-bond acceptors (Lipinski definition) is 0. The van der Waals surface area contributed by atoms with Crippen LogP contribution in [0.5, 0.6) is 0 Å². The third-order valence-electron chi connectivity index (χ3n) is 3.73. The first kappa shape index (κ1) is 11.2. The number of aryl methyl sites for hydroxylation is 1. The predicted octanol–water partition coefficient (Wildman–Crippen LogP) is 4.72. The average molecular weight is 267 g/mol. The van der Waals surface area contributed by atoms with Crippen molar-refractivity contribution in [2.45, 2.75) is 50.3 Å². The summed E-state index contributed by atoms with van der Waals surface area (Å²) in [6.07, 6.45) is 5.45. The van der Waals surface area contributed by atoms with Gasteiger partial charge in [0, 0.05) is 4.83 Å². The predicted molar refractivity (Wildman–Crippen MR) is 69.8 cm³/mol. The molecule has 0 heterocycles. The Morgan fingerprint density at radius 1 is 1.13 bits per heavy atom. The van der Waals surface area contributed by atoms with Gasteiger partial charge in [0.15, 0.2) is 0 Å². The molecule has 15 heavy (non-hydrogen) atoms. The topological polar surface area (TPSA) is 0 Å². The van der Waals surface area contributed by atoms with Gasteiger partial charge in [-0.25, -0.2) is 0 Å². The van der Waals surface area contributed by atoms with Crippen molar-refractivity contribution in [3.63, 3.8) is 0 Å². The van der Waals surface area contributed by atoms with Crippen molar-refractivity contribution in [1.82, 2.24) is 0 Å². The molecule has 0 nitrogen and oxygen atoms in total. The van der Waals surface area contributed by atoms with E-state index in [9.17, 15) is 0 Å². The number of rotatable bonds is 1. The van der Waals surface area contributed by atoms with Crippen molar-refractivity contribution >= 4 is 15.9 Å². The highest BCUT2D eigenvalue weighted by Gasteiger charge is 2.25. The number of hydrogen-bond donors (Lipinski definition) is 0. The fraction of sp³-hybridized carbons (Fsp3) is 0.571. The van der Waals surface area contributed by atoms with Crippen LogP contribution in [0, 0.1) is 13.8 Å². The molecule has 0 saturated heterocycles. The van der Waals surface area contributed by atoms with Crippen LogP contribution in [0.3, 0.4) is 0 Å². The monoisotopic (exact) mass is 266 g/mol. The molecule has 1 aromatic carbocycles. The van der Waals surface area contributed by atoms with Gasteiger partial charge in [0.25, 0.3) is 0 Å². The van der Waals surface area contributed by atoms with Crippen LogP contribution in [0.4, 0.5) is 0 Å². The zero-order valence-electron chi connectivity index (χ0n) is 9.59. The average Bonchev–Trinajstić information content (AvgIpc) is 2.23. The lowest BCUT2D eigenvalue weighted by Crippen LogP contribution is -2.18. The van der Waals surface area contributed by atoms with Gasteiger partial charge in [0.2, 0.25) is 0 Å². The molecule has 2 atom stereocenters. The molecular weight excluding hydrogens is 248 g/mol. The molecule has 1 aromatic rings. The van der Waals surface area contributed by atoms with Crippen molar-refractivity contribution in [2.24, 2.45) is 0 Å². The van der Waals surface area contributed by atoms with Gasteiger partial charge in [-0.2, -0.15) is 0 Å². The van der Waals surface area contributed by atoms with Gasteiger partial charge in [0.05, 0.1) is 0 Å². The van der Waals surface area contributed by atoms with Crippen molar-refractivity contribution in [3.05, 3.63) is 34.9 Å². The van der Waals surface area contributed by atoms with Crippen LogP contribution < -0.4 is 0 Å². The van der Waals surface area contributed by atoms with Crippen molar-refractivity contribution in [1.29, 1.82) is 0 Å². The first-order chi connectivity index (χ1) is 7.20. The van der Waals surface area contributed by atoms with Gasteiger partial charge in [-0.3, -0.25) is 0 Å². The maximum atomic E-state index is 3.85. The maximum absolute atomic E-state index is 3.85. The van der Waals surface area contributed by atoms with E-state index in [0.29, 0.717) is 4.83 Å². The van der Waals surface area contributed by atoms with E-state index in [2.05, 4.69) is 48.0 Å². The first-order valence-corrected chi connectivity index (χ1v) is 6.82. The van der Waals surface area contributed by atoms with E-state index < -0.39 is 0 Å². The van der Waals surface area contributed by atoms with Crippen molar-refractivity contribution < 1.29 is 0 Å². The Morgan fingerprint density at radius 3 is 2.60 bits per heavy atom. The van der Waals surface area contributed by atoms with Crippen molar-refractivity contribution in [3.8, 4) is 0 Å². The zero-order chi connectivity index (χ0) is 10.8. The standard InChI is InChI=1S/C14H19Br/c1-10-6-5-8-12(11(10)2)13-7-3-4-9-14(13)15/h5-6,8,13-14H,3-4,7,9H2,1-2H3. The molecule has 1 aliphatic rings. The van der Waals surface area contributed by atoms with E-state index in [1.54, 1.807) is 5.56 Å². The van der Waals surface area contributed by atoms with E-state index in [1.165, 1.54) is 36.8 Å². The largest absolute Gasteiger partial charge is 0.0884 e. The van der Waals surface area contributed by atoms with E-state index >= 15 is 0 Å². The molecule has 0 amide bonds. The summed E-state index contributed by atoms with van der Waals surface area (Å²) < 4.78 is 0. The fourth-order valence-electron chi connectivity index (χ4n) is 2.61. The second kappa shape index (κ2) is 4.69. The summed E-state index contributed by atoms with van der Waals surface area (Å²) >= 11 is 3.85. The molecule has 1 fully saturated rings. The van der Waals surface area contributed by atoms with Gasteiger partial charge >= 0.3 is 0 Å². The first-order valence-electron chi connectivity index (χ1n) is 5.90. The lowest BCUT2D eigenvalue weighted by molar-refractivity contribution is 0.459. The summed E-state index contributed by atoms with van der Waals surface area (Å²) in [5.74, 6) is 0.735. The smallest absolute Gasteiger partial charge is 0.0214 e. The Kier molecular flexibility index (Phi) is 3.50. The van der Waals surface area contributed by atoms with Crippen LogP contribution in [0.2, 0.25) is 0 Å². The maximum Gasteiger partial charge on any atom is 0.0214 e. The van der Waals surface area contributed by atoms with Crippen LogP contribution >= 0.6 is 15.9 Å². The molecule has 0 spiro atoms. The minimum atomic E-state index is 0.687. The van der Waals surface area contributed by atoms with E-state index in [0.717, 1.165) is 5.92 Å². The highest BCUT2D eigenvalue weighted by Crippen LogP contribution is 2.39. The molecule has 1 aliphatic carbocycles. The second-order valence-electron chi connectivity index (χ2n) is 4.70. The molecule has 0 bridgehead atoms. The lowest BCUT2D eigenvalue weighted by Gasteiger charge is -2.29. The molecule has 82 valence electrons. The summed E-state index contributed by atoms with van der Waals surface area (Å²) in [5, 5.41) is 0. The van der Waals surface area contributed by atoms with Crippen LogP contribution in [0.25, 0.3) is 0 Å². The quantitative estimate of drug-likeness (QED) is 0.645. The molecule has 0 aromatic heterocycles. The lowest BCUT2D eigenvalue weighted by atomic mass is 9.81.